The smallest absolute Gasteiger partial charge is 0.232 e. The zero-order chi connectivity index (χ0) is 16.3. The molecule has 0 saturated carbocycles. The van der Waals surface area contributed by atoms with Gasteiger partial charge in [0, 0.05) is 19.5 Å². The van der Waals surface area contributed by atoms with E-state index in [9.17, 15) is 13.2 Å². The second kappa shape index (κ2) is 6.69. The zero-order valence-electron chi connectivity index (χ0n) is 13.4. The molecule has 0 saturated heterocycles. The van der Waals surface area contributed by atoms with Crippen LogP contribution < -0.4 is 4.31 Å². The lowest BCUT2D eigenvalue weighted by Crippen LogP contribution is -2.37. The third-order valence-electron chi connectivity index (χ3n) is 4.17. The van der Waals surface area contributed by atoms with Crippen molar-refractivity contribution in [2.24, 2.45) is 5.92 Å². The summed E-state index contributed by atoms with van der Waals surface area (Å²) in [6.07, 6.45) is 2.68. The molecule has 5 nitrogen and oxygen atoms in total. The Morgan fingerprint density at radius 3 is 2.59 bits per heavy atom. The molecular weight excluding hydrogens is 300 g/mol. The van der Waals surface area contributed by atoms with Crippen molar-refractivity contribution in [3.63, 3.8) is 0 Å². The van der Waals surface area contributed by atoms with E-state index in [4.69, 9.17) is 0 Å². The van der Waals surface area contributed by atoms with Gasteiger partial charge in [0.2, 0.25) is 15.9 Å². The maximum absolute atomic E-state index is 12.4. The molecule has 1 aromatic rings. The van der Waals surface area contributed by atoms with Crippen LogP contribution in [0.2, 0.25) is 0 Å². The summed E-state index contributed by atoms with van der Waals surface area (Å²) in [5, 5.41) is 0. The van der Waals surface area contributed by atoms with Crippen LogP contribution in [0.4, 0.5) is 5.69 Å². The Balaban J connectivity index is 2.28. The topological polar surface area (TPSA) is 57.7 Å². The molecule has 22 heavy (non-hydrogen) atoms. The van der Waals surface area contributed by atoms with E-state index in [1.807, 2.05) is 18.2 Å². The molecule has 122 valence electrons. The summed E-state index contributed by atoms with van der Waals surface area (Å²) < 4.78 is 25.5. The minimum absolute atomic E-state index is 0.0968. The highest BCUT2D eigenvalue weighted by molar-refractivity contribution is 7.92. The molecule has 1 heterocycles. The number of anilines is 1. The lowest BCUT2D eigenvalue weighted by molar-refractivity contribution is -0.132. The molecule has 1 atom stereocenters. The Labute approximate surface area is 133 Å². The van der Waals surface area contributed by atoms with Crippen molar-refractivity contribution in [2.45, 2.75) is 33.2 Å². The predicted molar refractivity (Wildman–Crippen MR) is 88.1 cm³/mol. The number of hydrogen-bond acceptors (Lipinski definition) is 3. The highest BCUT2D eigenvalue weighted by Crippen LogP contribution is 2.27. The summed E-state index contributed by atoms with van der Waals surface area (Å²) in [5.41, 5.74) is 1.56. The summed E-state index contributed by atoms with van der Waals surface area (Å²) in [7, 11) is -3.34. The first-order valence-electron chi connectivity index (χ1n) is 7.66. The molecule has 1 aromatic carbocycles. The third-order valence-corrected chi connectivity index (χ3v) is 5.35. The molecule has 0 aliphatic carbocycles. The van der Waals surface area contributed by atoms with Crippen LogP contribution in [0.1, 0.15) is 32.3 Å². The summed E-state index contributed by atoms with van der Waals surface area (Å²) in [6, 6.07) is 7.40. The van der Waals surface area contributed by atoms with Crippen LogP contribution in [0.5, 0.6) is 0 Å². The highest BCUT2D eigenvalue weighted by Gasteiger charge is 2.27. The van der Waals surface area contributed by atoms with Crippen LogP contribution in [0.15, 0.2) is 24.3 Å². The van der Waals surface area contributed by atoms with E-state index in [-0.39, 0.29) is 5.91 Å². The fraction of sp³-hybridized carbons (Fsp3) is 0.562. The number of nitrogens with zero attached hydrogens (tertiary/aromatic N) is 2. The Hall–Kier alpha value is -1.56. The minimum atomic E-state index is -3.34. The van der Waals surface area contributed by atoms with Crippen molar-refractivity contribution in [3.05, 3.63) is 29.8 Å². The van der Waals surface area contributed by atoms with Gasteiger partial charge in [-0.15, -0.1) is 0 Å². The first kappa shape index (κ1) is 16.8. The molecule has 0 radical (unpaired) electrons. The standard InChI is InChI=1S/C16H24N2O3S/c1-4-13(2)11-16(19)17-9-10-18(22(3,20)21)15-8-6-5-7-14(15)12-17/h5-8,13H,4,9-12H2,1-3H3/t13-/m1/s1. The maximum Gasteiger partial charge on any atom is 0.232 e. The molecule has 0 unspecified atom stereocenters. The van der Waals surface area contributed by atoms with Crippen LogP contribution in [0, 0.1) is 5.92 Å². The fourth-order valence-electron chi connectivity index (χ4n) is 2.63. The fourth-order valence-corrected chi connectivity index (χ4v) is 3.58. The van der Waals surface area contributed by atoms with E-state index in [0.29, 0.717) is 37.7 Å². The van der Waals surface area contributed by atoms with Gasteiger partial charge < -0.3 is 4.90 Å². The number of para-hydroxylation sites is 1. The number of benzene rings is 1. The molecule has 1 aliphatic heterocycles. The molecule has 1 amide bonds. The molecule has 6 heteroatoms. The average molecular weight is 324 g/mol. The molecule has 1 aliphatic rings. The van der Waals surface area contributed by atoms with Gasteiger partial charge in [-0.1, -0.05) is 38.5 Å². The molecule has 2 rings (SSSR count). The van der Waals surface area contributed by atoms with Crippen molar-refractivity contribution in [1.82, 2.24) is 4.90 Å². The van der Waals surface area contributed by atoms with Crippen LogP contribution in [-0.4, -0.2) is 38.6 Å². The van der Waals surface area contributed by atoms with E-state index < -0.39 is 10.0 Å². The molecule has 0 aromatic heterocycles. The third kappa shape index (κ3) is 3.80. The maximum atomic E-state index is 12.4. The van der Waals surface area contributed by atoms with Crippen LogP contribution >= 0.6 is 0 Å². The predicted octanol–water partition coefficient (Wildman–Crippen LogP) is 2.23. The normalized spacial score (nSPS) is 16.9. The second-order valence-electron chi connectivity index (χ2n) is 6.00. The molecule has 0 N–H and O–H groups in total. The lowest BCUT2D eigenvalue weighted by Gasteiger charge is -2.23. The van der Waals surface area contributed by atoms with Crippen LogP contribution in [0.3, 0.4) is 0 Å². The lowest BCUT2D eigenvalue weighted by atomic mass is 10.0. The SMILES string of the molecule is CC[C@@H](C)CC(=O)N1CCN(S(C)(=O)=O)c2ccccc2C1. The molecular formula is C16H24N2O3S. The first-order chi connectivity index (χ1) is 10.3. The van der Waals surface area contributed by atoms with Gasteiger partial charge in [-0.05, 0) is 17.5 Å². The summed E-state index contributed by atoms with van der Waals surface area (Å²) >= 11 is 0. The van der Waals surface area contributed by atoms with Gasteiger partial charge in [-0.3, -0.25) is 9.10 Å². The van der Waals surface area contributed by atoms with Gasteiger partial charge in [0.1, 0.15) is 0 Å². The summed E-state index contributed by atoms with van der Waals surface area (Å²) in [5.74, 6) is 0.441. The van der Waals surface area contributed by atoms with E-state index >= 15 is 0 Å². The number of sulfonamides is 1. The van der Waals surface area contributed by atoms with Gasteiger partial charge in [0.05, 0.1) is 18.5 Å². The Bertz CT molecular complexity index is 643. The van der Waals surface area contributed by atoms with E-state index in [0.717, 1.165) is 12.0 Å². The van der Waals surface area contributed by atoms with Gasteiger partial charge in [0.25, 0.3) is 0 Å². The minimum Gasteiger partial charge on any atom is -0.336 e. The number of amides is 1. The van der Waals surface area contributed by atoms with E-state index in [1.54, 1.807) is 11.0 Å². The summed E-state index contributed by atoms with van der Waals surface area (Å²) in [6.45, 7) is 5.34. The average Bonchev–Trinajstić information content (AvgIpc) is 2.66. The Kier molecular flexibility index (Phi) is 5.11. The van der Waals surface area contributed by atoms with E-state index in [2.05, 4.69) is 13.8 Å². The Morgan fingerprint density at radius 1 is 1.27 bits per heavy atom. The van der Waals surface area contributed by atoms with Crippen molar-refractivity contribution in [1.29, 1.82) is 0 Å². The summed E-state index contributed by atoms with van der Waals surface area (Å²) in [4.78, 5) is 14.2. The molecule has 0 spiro atoms. The number of rotatable bonds is 4. The number of carbonyl (C=O) groups is 1. The Morgan fingerprint density at radius 2 is 1.95 bits per heavy atom. The first-order valence-corrected chi connectivity index (χ1v) is 9.51. The monoisotopic (exact) mass is 324 g/mol. The largest absolute Gasteiger partial charge is 0.336 e. The molecule has 0 fully saturated rings. The number of hydrogen-bond donors (Lipinski definition) is 0. The van der Waals surface area contributed by atoms with Crippen LogP contribution in [-0.2, 0) is 21.4 Å². The van der Waals surface area contributed by atoms with Gasteiger partial charge in [-0.2, -0.15) is 0 Å². The van der Waals surface area contributed by atoms with Crippen molar-refractivity contribution in [2.75, 3.05) is 23.7 Å². The highest BCUT2D eigenvalue weighted by atomic mass is 32.2. The van der Waals surface area contributed by atoms with Crippen molar-refractivity contribution >= 4 is 21.6 Å². The number of fused-ring (bicyclic) bond motifs is 1. The number of carbonyl (C=O) groups excluding carboxylic acids is 1. The van der Waals surface area contributed by atoms with Gasteiger partial charge in [-0.25, -0.2) is 8.42 Å². The molecule has 0 bridgehead atoms. The van der Waals surface area contributed by atoms with Crippen molar-refractivity contribution in [3.8, 4) is 0 Å². The quantitative estimate of drug-likeness (QED) is 0.853. The van der Waals surface area contributed by atoms with E-state index in [1.165, 1.54) is 10.6 Å². The second-order valence-corrected chi connectivity index (χ2v) is 7.90. The van der Waals surface area contributed by atoms with Crippen LogP contribution in [0.25, 0.3) is 0 Å². The van der Waals surface area contributed by atoms with Gasteiger partial charge in [0.15, 0.2) is 0 Å². The van der Waals surface area contributed by atoms with Crippen molar-refractivity contribution < 1.29 is 13.2 Å². The van der Waals surface area contributed by atoms with Gasteiger partial charge >= 0.3 is 0 Å². The zero-order valence-corrected chi connectivity index (χ0v) is 14.3.